The minimum absolute atomic E-state index is 0.337. The second-order valence-corrected chi connectivity index (χ2v) is 7.60. The van der Waals surface area contributed by atoms with Crippen molar-refractivity contribution in [2.24, 2.45) is 4.99 Å². The molecule has 0 atom stereocenters. The number of benzene rings is 2. The van der Waals surface area contributed by atoms with E-state index in [2.05, 4.69) is 4.99 Å². The Labute approximate surface area is 189 Å². The van der Waals surface area contributed by atoms with Gasteiger partial charge in [0, 0.05) is 19.2 Å². The van der Waals surface area contributed by atoms with Crippen LogP contribution >= 0.6 is 11.3 Å². The van der Waals surface area contributed by atoms with Gasteiger partial charge in [-0.1, -0.05) is 11.3 Å². The van der Waals surface area contributed by atoms with Crippen LogP contribution in [-0.2, 0) is 16.1 Å². The number of amides is 1. The molecule has 32 heavy (non-hydrogen) atoms. The first kappa shape index (κ1) is 23.5. The third kappa shape index (κ3) is 5.35. The number of aromatic nitrogens is 1. The number of carbonyl (C=O) groups excluding carboxylic acids is 1. The summed E-state index contributed by atoms with van der Waals surface area (Å²) < 4.78 is 37.7. The molecule has 0 saturated carbocycles. The summed E-state index contributed by atoms with van der Waals surface area (Å²) in [5.41, 5.74) is 1.49. The highest BCUT2D eigenvalue weighted by atomic mass is 32.1. The third-order valence-electron chi connectivity index (χ3n) is 4.62. The molecule has 0 fully saturated rings. The fraction of sp³-hybridized carbons (Fsp3) is 0.304. The van der Waals surface area contributed by atoms with Crippen molar-refractivity contribution in [2.75, 3.05) is 34.5 Å². The number of nitrogens with zero attached hydrogens (tertiary/aromatic N) is 2. The van der Waals surface area contributed by atoms with Gasteiger partial charge < -0.3 is 23.5 Å². The first-order valence-corrected chi connectivity index (χ1v) is 10.8. The van der Waals surface area contributed by atoms with Crippen LogP contribution < -0.4 is 19.0 Å². The number of ether oxygens (including phenoxy) is 4. The van der Waals surface area contributed by atoms with E-state index in [1.54, 1.807) is 24.3 Å². The predicted molar refractivity (Wildman–Crippen MR) is 122 cm³/mol. The molecule has 0 saturated heterocycles. The summed E-state index contributed by atoms with van der Waals surface area (Å²) in [7, 11) is 4.57. The fourth-order valence-corrected chi connectivity index (χ4v) is 4.23. The minimum atomic E-state index is -0.448. The Balaban J connectivity index is 1.94. The van der Waals surface area contributed by atoms with Crippen LogP contribution in [0.3, 0.4) is 0 Å². The van der Waals surface area contributed by atoms with Crippen molar-refractivity contribution in [3.8, 4) is 17.2 Å². The normalized spacial score (nSPS) is 12.0. The van der Waals surface area contributed by atoms with Crippen LogP contribution in [0.5, 0.6) is 17.2 Å². The molecule has 0 N–H and O–H groups in total. The average Bonchev–Trinajstić information content (AvgIpc) is 3.12. The Morgan fingerprint density at radius 1 is 1.12 bits per heavy atom. The molecular weight excluding hydrogens is 435 g/mol. The number of methoxy groups -OCH3 is 3. The lowest BCUT2D eigenvalue weighted by atomic mass is 10.1. The summed E-state index contributed by atoms with van der Waals surface area (Å²) in [4.78, 5) is 17.3. The SMILES string of the molecule is CCOCCn1c(=NC(=O)/C=C\c2cc(OC)c(OC)c(OC)c2)sc2cc(F)ccc21. The highest BCUT2D eigenvalue weighted by molar-refractivity contribution is 7.16. The summed E-state index contributed by atoms with van der Waals surface area (Å²) >= 11 is 1.25. The third-order valence-corrected chi connectivity index (χ3v) is 5.66. The van der Waals surface area contributed by atoms with E-state index in [1.807, 2.05) is 11.5 Å². The number of thiazole rings is 1. The summed E-state index contributed by atoms with van der Waals surface area (Å²) in [6.07, 6.45) is 2.98. The number of hydrogen-bond acceptors (Lipinski definition) is 6. The molecule has 0 radical (unpaired) electrons. The van der Waals surface area contributed by atoms with Gasteiger partial charge in [-0.3, -0.25) is 4.79 Å². The zero-order chi connectivity index (χ0) is 23.1. The molecule has 0 unspecified atom stereocenters. The smallest absolute Gasteiger partial charge is 0.272 e. The van der Waals surface area contributed by atoms with Crippen molar-refractivity contribution in [1.82, 2.24) is 4.57 Å². The maximum Gasteiger partial charge on any atom is 0.272 e. The molecule has 9 heteroatoms. The molecule has 0 aliphatic rings. The molecule has 1 heterocycles. The van der Waals surface area contributed by atoms with Crippen LogP contribution in [0.25, 0.3) is 16.3 Å². The molecule has 2 aromatic carbocycles. The van der Waals surface area contributed by atoms with Gasteiger partial charge in [-0.25, -0.2) is 4.39 Å². The zero-order valence-electron chi connectivity index (χ0n) is 18.4. The van der Waals surface area contributed by atoms with Gasteiger partial charge in [0.15, 0.2) is 16.3 Å². The van der Waals surface area contributed by atoms with E-state index in [-0.39, 0.29) is 5.82 Å². The first-order valence-electron chi connectivity index (χ1n) is 9.94. The Hall–Kier alpha value is -3.17. The molecule has 170 valence electrons. The molecule has 3 rings (SSSR count). The Kier molecular flexibility index (Phi) is 8.02. The quantitative estimate of drug-likeness (QED) is 0.356. The highest BCUT2D eigenvalue weighted by Gasteiger charge is 2.12. The summed E-state index contributed by atoms with van der Waals surface area (Å²) in [6, 6.07) is 7.97. The van der Waals surface area contributed by atoms with E-state index in [0.29, 0.717) is 52.1 Å². The predicted octanol–water partition coefficient (Wildman–Crippen LogP) is 4.04. The van der Waals surface area contributed by atoms with Crippen LogP contribution in [0.2, 0.25) is 0 Å². The van der Waals surface area contributed by atoms with E-state index in [0.717, 1.165) is 5.52 Å². The van der Waals surface area contributed by atoms with Crippen LogP contribution in [-0.4, -0.2) is 45.0 Å². The van der Waals surface area contributed by atoms with Crippen LogP contribution in [0.4, 0.5) is 4.39 Å². The van der Waals surface area contributed by atoms with Crippen molar-refractivity contribution in [3.05, 3.63) is 52.6 Å². The topological polar surface area (TPSA) is 71.3 Å². The monoisotopic (exact) mass is 460 g/mol. The molecular formula is C23H25FN2O5S. The van der Waals surface area contributed by atoms with Crippen LogP contribution in [0.1, 0.15) is 12.5 Å². The van der Waals surface area contributed by atoms with Crippen LogP contribution in [0.15, 0.2) is 41.4 Å². The van der Waals surface area contributed by atoms with E-state index in [4.69, 9.17) is 18.9 Å². The first-order chi connectivity index (χ1) is 15.5. The Morgan fingerprint density at radius 2 is 1.84 bits per heavy atom. The number of fused-ring (bicyclic) bond motifs is 1. The standard InChI is InChI=1S/C23H25FN2O5S/c1-5-31-11-10-26-17-8-7-16(24)14-20(17)32-23(26)25-21(27)9-6-15-12-18(28-2)22(30-4)19(13-15)29-3/h6-9,12-14H,5,10-11H2,1-4H3/b9-6-,25-23?. The van der Waals surface area contributed by atoms with Gasteiger partial charge in [0.2, 0.25) is 5.75 Å². The van der Waals surface area contributed by atoms with Gasteiger partial charge in [-0.15, -0.1) is 0 Å². The van der Waals surface area contributed by atoms with Gasteiger partial charge in [-0.2, -0.15) is 4.99 Å². The van der Waals surface area contributed by atoms with Gasteiger partial charge in [0.05, 0.1) is 38.2 Å². The summed E-state index contributed by atoms with van der Waals surface area (Å²) in [6.45, 7) is 3.46. The summed E-state index contributed by atoms with van der Waals surface area (Å²) in [5.74, 6) is 0.648. The maximum absolute atomic E-state index is 13.7. The van der Waals surface area contributed by atoms with Gasteiger partial charge in [0.25, 0.3) is 5.91 Å². The molecule has 0 aliphatic heterocycles. The lowest BCUT2D eigenvalue weighted by Crippen LogP contribution is -2.19. The van der Waals surface area contributed by atoms with E-state index >= 15 is 0 Å². The number of carbonyl (C=O) groups is 1. The Bertz CT molecular complexity index is 1170. The number of rotatable bonds is 9. The average molecular weight is 461 g/mol. The van der Waals surface area contributed by atoms with E-state index in [9.17, 15) is 9.18 Å². The molecule has 0 spiro atoms. The molecule has 7 nitrogen and oxygen atoms in total. The highest BCUT2D eigenvalue weighted by Crippen LogP contribution is 2.38. The maximum atomic E-state index is 13.7. The van der Waals surface area contributed by atoms with Crippen molar-refractivity contribution >= 4 is 33.5 Å². The minimum Gasteiger partial charge on any atom is -0.493 e. The van der Waals surface area contributed by atoms with E-state index < -0.39 is 5.91 Å². The lowest BCUT2D eigenvalue weighted by molar-refractivity contribution is -0.113. The Morgan fingerprint density at radius 3 is 2.47 bits per heavy atom. The van der Waals surface area contributed by atoms with Gasteiger partial charge >= 0.3 is 0 Å². The molecule has 3 aromatic rings. The van der Waals surface area contributed by atoms with Gasteiger partial charge in [-0.05, 0) is 48.9 Å². The molecule has 1 amide bonds. The van der Waals surface area contributed by atoms with Crippen LogP contribution in [0, 0.1) is 5.82 Å². The van der Waals surface area contributed by atoms with Crippen molar-refractivity contribution < 1.29 is 28.1 Å². The van der Waals surface area contributed by atoms with E-state index in [1.165, 1.54) is 50.9 Å². The lowest BCUT2D eigenvalue weighted by Gasteiger charge is -2.12. The van der Waals surface area contributed by atoms with Crippen molar-refractivity contribution in [3.63, 3.8) is 0 Å². The molecule has 1 aromatic heterocycles. The van der Waals surface area contributed by atoms with Gasteiger partial charge in [0.1, 0.15) is 5.82 Å². The second kappa shape index (κ2) is 10.9. The second-order valence-electron chi connectivity index (χ2n) is 6.59. The van der Waals surface area contributed by atoms with Crippen molar-refractivity contribution in [1.29, 1.82) is 0 Å². The number of hydrogen-bond donors (Lipinski definition) is 0. The summed E-state index contributed by atoms with van der Waals surface area (Å²) in [5, 5.41) is 0. The molecule has 0 bridgehead atoms. The number of halogens is 1. The van der Waals surface area contributed by atoms with Crippen molar-refractivity contribution in [2.45, 2.75) is 13.5 Å². The molecule has 0 aliphatic carbocycles. The zero-order valence-corrected chi connectivity index (χ0v) is 19.2. The fourth-order valence-electron chi connectivity index (χ4n) is 3.15. The largest absolute Gasteiger partial charge is 0.493 e.